The number of para-hydroxylation sites is 1. The number of rotatable bonds is 4. The molecule has 122 valence electrons. The number of anilines is 1. The van der Waals surface area contributed by atoms with Crippen molar-refractivity contribution in [3.05, 3.63) is 59.2 Å². The summed E-state index contributed by atoms with van der Waals surface area (Å²) in [5, 5.41) is 4.02. The summed E-state index contributed by atoms with van der Waals surface area (Å²) >= 11 is 6.09. The normalized spacial score (nSPS) is 10.5. The van der Waals surface area contributed by atoms with Gasteiger partial charge in [0.2, 0.25) is 0 Å². The Kier molecular flexibility index (Phi) is 4.53. The van der Waals surface area contributed by atoms with Crippen molar-refractivity contribution < 1.29 is 14.3 Å². The standard InChI is InChI=1S/C18H15ClN2O3/c1-23-16-10-15(17(24-2)9-13(16)19)21-18(22)12-7-8-20-14-6-4-3-5-11(12)14/h3-10H,1-2H3,(H,21,22). The van der Waals surface area contributed by atoms with Gasteiger partial charge in [0.1, 0.15) is 11.5 Å². The molecule has 0 atom stereocenters. The van der Waals surface area contributed by atoms with Gasteiger partial charge >= 0.3 is 0 Å². The van der Waals surface area contributed by atoms with E-state index in [-0.39, 0.29) is 5.91 Å². The van der Waals surface area contributed by atoms with Crippen molar-refractivity contribution in [2.45, 2.75) is 0 Å². The minimum Gasteiger partial charge on any atom is -0.495 e. The summed E-state index contributed by atoms with van der Waals surface area (Å²) in [5.41, 5.74) is 1.76. The lowest BCUT2D eigenvalue weighted by atomic mass is 10.1. The molecule has 24 heavy (non-hydrogen) atoms. The van der Waals surface area contributed by atoms with Crippen LogP contribution in [0.5, 0.6) is 11.5 Å². The van der Waals surface area contributed by atoms with Gasteiger partial charge in [0, 0.05) is 23.7 Å². The molecule has 0 spiro atoms. The average Bonchev–Trinajstić information content (AvgIpc) is 2.62. The Morgan fingerprint density at radius 1 is 1.08 bits per heavy atom. The van der Waals surface area contributed by atoms with Gasteiger partial charge in [-0.25, -0.2) is 0 Å². The highest BCUT2D eigenvalue weighted by Crippen LogP contribution is 2.36. The van der Waals surface area contributed by atoms with Gasteiger partial charge in [-0.05, 0) is 12.1 Å². The van der Waals surface area contributed by atoms with Crippen LogP contribution >= 0.6 is 11.6 Å². The van der Waals surface area contributed by atoms with E-state index in [0.717, 1.165) is 10.9 Å². The van der Waals surface area contributed by atoms with E-state index in [2.05, 4.69) is 10.3 Å². The zero-order valence-electron chi connectivity index (χ0n) is 13.2. The molecule has 1 heterocycles. The maximum Gasteiger partial charge on any atom is 0.256 e. The van der Waals surface area contributed by atoms with E-state index in [1.807, 2.05) is 24.3 Å². The lowest BCUT2D eigenvalue weighted by Gasteiger charge is -2.13. The first kappa shape index (κ1) is 16.1. The largest absolute Gasteiger partial charge is 0.495 e. The molecule has 3 rings (SSSR count). The second-order valence-corrected chi connectivity index (χ2v) is 5.42. The quantitative estimate of drug-likeness (QED) is 0.773. The van der Waals surface area contributed by atoms with Gasteiger partial charge in [0.25, 0.3) is 5.91 Å². The maximum absolute atomic E-state index is 12.7. The van der Waals surface area contributed by atoms with Crippen LogP contribution in [-0.2, 0) is 0 Å². The minimum atomic E-state index is -0.267. The Morgan fingerprint density at radius 3 is 2.58 bits per heavy atom. The van der Waals surface area contributed by atoms with Crippen LogP contribution in [0.2, 0.25) is 5.02 Å². The number of pyridine rings is 1. The molecule has 0 aliphatic heterocycles. The number of hydrogen-bond acceptors (Lipinski definition) is 4. The predicted octanol–water partition coefficient (Wildman–Crippen LogP) is 4.16. The number of carbonyl (C=O) groups excluding carboxylic acids is 1. The number of nitrogens with one attached hydrogen (secondary N) is 1. The summed E-state index contributed by atoms with van der Waals surface area (Å²) in [6.45, 7) is 0. The van der Waals surface area contributed by atoms with Gasteiger partial charge < -0.3 is 14.8 Å². The van der Waals surface area contributed by atoms with E-state index in [4.69, 9.17) is 21.1 Å². The molecule has 1 amide bonds. The van der Waals surface area contributed by atoms with Gasteiger partial charge in [-0.3, -0.25) is 9.78 Å². The van der Waals surface area contributed by atoms with Crippen LogP contribution in [0.4, 0.5) is 5.69 Å². The van der Waals surface area contributed by atoms with Gasteiger partial charge in [-0.1, -0.05) is 29.8 Å². The Labute approximate surface area is 144 Å². The summed E-state index contributed by atoms with van der Waals surface area (Å²) in [4.78, 5) is 17.0. The molecule has 6 heteroatoms. The van der Waals surface area contributed by atoms with Crippen LogP contribution in [0.15, 0.2) is 48.7 Å². The summed E-state index contributed by atoms with van der Waals surface area (Å²) in [6.07, 6.45) is 1.61. The van der Waals surface area contributed by atoms with E-state index in [0.29, 0.717) is 27.8 Å². The Bertz CT molecular complexity index is 907. The van der Waals surface area contributed by atoms with Crippen LogP contribution in [0.25, 0.3) is 10.9 Å². The van der Waals surface area contributed by atoms with Gasteiger partial charge in [0.15, 0.2) is 0 Å². The number of carbonyl (C=O) groups is 1. The number of fused-ring (bicyclic) bond motifs is 1. The zero-order chi connectivity index (χ0) is 17.1. The Balaban J connectivity index is 2.00. The number of aromatic nitrogens is 1. The maximum atomic E-state index is 12.7. The fourth-order valence-corrected chi connectivity index (χ4v) is 2.67. The molecule has 0 bridgehead atoms. The van der Waals surface area contributed by atoms with E-state index >= 15 is 0 Å². The molecule has 0 saturated carbocycles. The van der Waals surface area contributed by atoms with Crippen molar-refractivity contribution in [3.8, 4) is 11.5 Å². The third kappa shape index (κ3) is 2.98. The minimum absolute atomic E-state index is 0.267. The number of benzene rings is 2. The zero-order valence-corrected chi connectivity index (χ0v) is 13.9. The van der Waals surface area contributed by atoms with Gasteiger partial charge in [-0.2, -0.15) is 0 Å². The molecular weight excluding hydrogens is 328 g/mol. The molecule has 0 saturated heterocycles. The molecule has 1 aromatic heterocycles. The molecule has 0 aliphatic rings. The third-order valence-corrected chi connectivity index (χ3v) is 3.91. The number of halogens is 1. The van der Waals surface area contributed by atoms with E-state index in [1.54, 1.807) is 24.4 Å². The third-order valence-electron chi connectivity index (χ3n) is 3.62. The van der Waals surface area contributed by atoms with Crippen LogP contribution in [-0.4, -0.2) is 25.1 Å². The van der Waals surface area contributed by atoms with Crippen LogP contribution in [0, 0.1) is 0 Å². The molecule has 2 aromatic carbocycles. The van der Waals surface area contributed by atoms with Crippen molar-refractivity contribution >= 4 is 34.1 Å². The SMILES string of the molecule is COc1cc(NC(=O)c2ccnc3ccccc23)c(OC)cc1Cl. The highest BCUT2D eigenvalue weighted by Gasteiger charge is 2.15. The number of nitrogens with zero attached hydrogens (tertiary/aromatic N) is 1. The highest BCUT2D eigenvalue weighted by molar-refractivity contribution is 6.32. The molecule has 0 fully saturated rings. The van der Waals surface area contributed by atoms with Crippen molar-refractivity contribution in [1.82, 2.24) is 4.98 Å². The summed E-state index contributed by atoms with van der Waals surface area (Å²) in [5.74, 6) is 0.635. The lowest BCUT2D eigenvalue weighted by Crippen LogP contribution is -2.13. The molecule has 0 radical (unpaired) electrons. The fraction of sp³-hybridized carbons (Fsp3) is 0.111. The topological polar surface area (TPSA) is 60.5 Å². The van der Waals surface area contributed by atoms with Crippen LogP contribution < -0.4 is 14.8 Å². The van der Waals surface area contributed by atoms with Crippen LogP contribution in [0.1, 0.15) is 10.4 Å². The number of ether oxygens (including phenoxy) is 2. The smallest absolute Gasteiger partial charge is 0.256 e. The highest BCUT2D eigenvalue weighted by atomic mass is 35.5. The number of methoxy groups -OCH3 is 2. The molecule has 5 nitrogen and oxygen atoms in total. The first-order valence-electron chi connectivity index (χ1n) is 7.20. The first-order valence-corrected chi connectivity index (χ1v) is 7.58. The monoisotopic (exact) mass is 342 g/mol. The number of amides is 1. The van der Waals surface area contributed by atoms with Crippen molar-refractivity contribution in [2.75, 3.05) is 19.5 Å². The lowest BCUT2D eigenvalue weighted by molar-refractivity contribution is 0.102. The summed E-state index contributed by atoms with van der Waals surface area (Å²) in [6, 6.07) is 12.4. The van der Waals surface area contributed by atoms with E-state index in [9.17, 15) is 4.79 Å². The van der Waals surface area contributed by atoms with Crippen molar-refractivity contribution in [1.29, 1.82) is 0 Å². The van der Waals surface area contributed by atoms with Crippen molar-refractivity contribution in [3.63, 3.8) is 0 Å². The Hall–Kier alpha value is -2.79. The second-order valence-electron chi connectivity index (χ2n) is 5.02. The van der Waals surface area contributed by atoms with Gasteiger partial charge in [-0.15, -0.1) is 0 Å². The first-order chi connectivity index (χ1) is 11.6. The molecular formula is C18H15ClN2O3. The summed E-state index contributed by atoms with van der Waals surface area (Å²) in [7, 11) is 3.02. The molecule has 1 N–H and O–H groups in total. The fourth-order valence-electron chi connectivity index (χ4n) is 2.44. The number of hydrogen-bond donors (Lipinski definition) is 1. The molecule has 3 aromatic rings. The average molecular weight is 343 g/mol. The second kappa shape index (κ2) is 6.76. The van der Waals surface area contributed by atoms with Crippen molar-refractivity contribution in [2.24, 2.45) is 0 Å². The van der Waals surface area contributed by atoms with E-state index < -0.39 is 0 Å². The van der Waals surface area contributed by atoms with Gasteiger partial charge in [0.05, 0.1) is 36.0 Å². The summed E-state index contributed by atoms with van der Waals surface area (Å²) < 4.78 is 10.5. The Morgan fingerprint density at radius 2 is 1.83 bits per heavy atom. The molecule has 0 aliphatic carbocycles. The van der Waals surface area contributed by atoms with E-state index in [1.165, 1.54) is 14.2 Å². The predicted molar refractivity (Wildman–Crippen MR) is 94.3 cm³/mol. The molecule has 0 unspecified atom stereocenters. The van der Waals surface area contributed by atoms with Crippen LogP contribution in [0.3, 0.4) is 0 Å².